The topological polar surface area (TPSA) is 78.4 Å². The zero-order chi connectivity index (χ0) is 15.9. The maximum atomic E-state index is 13.0. The molecular formula is C16H15FN2O3. The Morgan fingerprint density at radius 1 is 1.09 bits per heavy atom. The molecule has 2 rings (SSSR count). The maximum absolute atomic E-state index is 13.0. The molecule has 0 radical (unpaired) electrons. The van der Waals surface area contributed by atoms with E-state index in [-0.39, 0.29) is 11.4 Å². The Balaban J connectivity index is 1.79. The molecule has 0 atom stereocenters. The summed E-state index contributed by atoms with van der Waals surface area (Å²) in [6.45, 7) is 0.364. The standard InChI is InChI=1S/C16H15FN2O3/c17-13-3-1-2-11(10-13)8-9-18-16(22)19-14-6-4-12(5-7-14)15(20)21/h1-7,10H,8-9H2,(H,20,21)(H2,18,19,22). The SMILES string of the molecule is O=C(NCCc1cccc(F)c1)Nc1ccc(C(=O)O)cc1. The van der Waals surface area contributed by atoms with Crippen LogP contribution in [0, 0.1) is 5.82 Å². The van der Waals surface area contributed by atoms with E-state index in [4.69, 9.17) is 5.11 Å². The molecule has 2 aromatic rings. The summed E-state index contributed by atoms with van der Waals surface area (Å²) >= 11 is 0. The second-order valence-corrected chi connectivity index (χ2v) is 4.64. The summed E-state index contributed by atoms with van der Waals surface area (Å²) in [5.74, 6) is -1.33. The number of hydrogen-bond acceptors (Lipinski definition) is 2. The summed E-state index contributed by atoms with van der Waals surface area (Å²) in [6.07, 6.45) is 0.517. The van der Waals surface area contributed by atoms with Crippen molar-refractivity contribution in [1.82, 2.24) is 5.32 Å². The van der Waals surface area contributed by atoms with Crippen molar-refractivity contribution >= 4 is 17.7 Å². The molecule has 114 valence electrons. The fourth-order valence-corrected chi connectivity index (χ4v) is 1.88. The molecular weight excluding hydrogens is 287 g/mol. The fourth-order valence-electron chi connectivity index (χ4n) is 1.88. The Bertz CT molecular complexity index is 671. The minimum absolute atomic E-state index is 0.150. The van der Waals surface area contributed by atoms with Crippen LogP contribution in [0.1, 0.15) is 15.9 Å². The number of hydrogen-bond donors (Lipinski definition) is 3. The van der Waals surface area contributed by atoms with E-state index in [1.807, 2.05) is 0 Å². The summed E-state index contributed by atoms with van der Waals surface area (Å²) in [7, 11) is 0. The number of carbonyl (C=O) groups excluding carboxylic acids is 1. The van der Waals surface area contributed by atoms with Gasteiger partial charge >= 0.3 is 12.0 Å². The van der Waals surface area contributed by atoms with E-state index in [2.05, 4.69) is 10.6 Å². The van der Waals surface area contributed by atoms with Gasteiger partial charge in [0.2, 0.25) is 0 Å². The van der Waals surface area contributed by atoms with E-state index in [0.29, 0.717) is 18.7 Å². The predicted molar refractivity (Wildman–Crippen MR) is 80.5 cm³/mol. The second kappa shape index (κ2) is 7.21. The molecule has 5 nitrogen and oxygen atoms in total. The summed E-state index contributed by atoms with van der Waals surface area (Å²) in [6, 6.07) is 11.6. The number of carbonyl (C=O) groups is 2. The van der Waals surface area contributed by atoms with Gasteiger partial charge in [0, 0.05) is 12.2 Å². The first kappa shape index (κ1) is 15.5. The van der Waals surface area contributed by atoms with Gasteiger partial charge in [-0.15, -0.1) is 0 Å². The van der Waals surface area contributed by atoms with E-state index in [9.17, 15) is 14.0 Å². The monoisotopic (exact) mass is 302 g/mol. The lowest BCUT2D eigenvalue weighted by molar-refractivity contribution is 0.0697. The molecule has 2 aromatic carbocycles. The lowest BCUT2D eigenvalue weighted by atomic mass is 10.1. The Morgan fingerprint density at radius 2 is 1.82 bits per heavy atom. The summed E-state index contributed by atoms with van der Waals surface area (Å²) in [5, 5.41) is 14.0. The van der Waals surface area contributed by atoms with Crippen LogP contribution in [0.3, 0.4) is 0 Å². The molecule has 22 heavy (non-hydrogen) atoms. The van der Waals surface area contributed by atoms with E-state index in [1.165, 1.54) is 36.4 Å². The first-order valence-corrected chi connectivity index (χ1v) is 6.67. The van der Waals surface area contributed by atoms with Crippen LogP contribution in [0.2, 0.25) is 0 Å². The summed E-state index contributed by atoms with van der Waals surface area (Å²) in [5.41, 5.74) is 1.44. The van der Waals surface area contributed by atoms with Crippen molar-refractivity contribution in [1.29, 1.82) is 0 Å². The zero-order valence-electron chi connectivity index (χ0n) is 11.7. The maximum Gasteiger partial charge on any atom is 0.335 e. The quantitative estimate of drug-likeness (QED) is 0.794. The van der Waals surface area contributed by atoms with Gasteiger partial charge in [0.15, 0.2) is 0 Å². The highest BCUT2D eigenvalue weighted by molar-refractivity contribution is 5.91. The summed E-state index contributed by atoms with van der Waals surface area (Å²) in [4.78, 5) is 22.4. The lowest BCUT2D eigenvalue weighted by Gasteiger charge is -2.08. The third-order valence-corrected chi connectivity index (χ3v) is 2.98. The molecule has 0 bridgehead atoms. The zero-order valence-corrected chi connectivity index (χ0v) is 11.7. The van der Waals surface area contributed by atoms with Crippen LogP contribution in [0.25, 0.3) is 0 Å². The number of nitrogens with one attached hydrogen (secondary N) is 2. The molecule has 0 aliphatic heterocycles. The molecule has 0 aromatic heterocycles. The van der Waals surface area contributed by atoms with Crippen LogP contribution < -0.4 is 10.6 Å². The van der Waals surface area contributed by atoms with Gasteiger partial charge in [0.1, 0.15) is 5.82 Å². The van der Waals surface area contributed by atoms with Gasteiger partial charge in [-0.05, 0) is 48.4 Å². The van der Waals surface area contributed by atoms with Gasteiger partial charge in [-0.1, -0.05) is 12.1 Å². The highest BCUT2D eigenvalue weighted by atomic mass is 19.1. The van der Waals surface area contributed by atoms with Gasteiger partial charge in [0.05, 0.1) is 5.56 Å². The molecule has 0 aliphatic rings. The van der Waals surface area contributed by atoms with Crippen molar-refractivity contribution in [2.75, 3.05) is 11.9 Å². The number of rotatable bonds is 5. The van der Waals surface area contributed by atoms with Crippen molar-refractivity contribution in [2.24, 2.45) is 0 Å². The molecule has 0 spiro atoms. The average Bonchev–Trinajstić information content (AvgIpc) is 2.48. The number of carboxylic acids is 1. The molecule has 0 saturated heterocycles. The third kappa shape index (κ3) is 4.59. The van der Waals surface area contributed by atoms with Gasteiger partial charge in [0.25, 0.3) is 0 Å². The third-order valence-electron chi connectivity index (χ3n) is 2.98. The molecule has 0 fully saturated rings. The molecule has 0 saturated carbocycles. The van der Waals surface area contributed by atoms with Crippen LogP contribution in [-0.4, -0.2) is 23.7 Å². The molecule has 2 amide bonds. The van der Waals surface area contributed by atoms with Gasteiger partial charge in [-0.25, -0.2) is 14.0 Å². The molecule has 3 N–H and O–H groups in total. The normalized spacial score (nSPS) is 10.0. The second-order valence-electron chi connectivity index (χ2n) is 4.64. The van der Waals surface area contributed by atoms with Crippen molar-refractivity contribution < 1.29 is 19.1 Å². The summed E-state index contributed by atoms with van der Waals surface area (Å²) < 4.78 is 13.0. The minimum Gasteiger partial charge on any atom is -0.478 e. The molecule has 0 heterocycles. The van der Waals surface area contributed by atoms with Crippen LogP contribution in [0.15, 0.2) is 48.5 Å². The first-order chi connectivity index (χ1) is 10.5. The van der Waals surface area contributed by atoms with E-state index in [0.717, 1.165) is 5.56 Å². The van der Waals surface area contributed by atoms with Gasteiger partial charge in [-0.2, -0.15) is 0 Å². The lowest BCUT2D eigenvalue weighted by Crippen LogP contribution is -2.30. The van der Waals surface area contributed by atoms with Crippen LogP contribution in [0.5, 0.6) is 0 Å². The molecule has 0 unspecified atom stereocenters. The highest BCUT2D eigenvalue weighted by Crippen LogP contribution is 2.09. The number of amides is 2. The fraction of sp³-hybridized carbons (Fsp3) is 0.125. The van der Waals surface area contributed by atoms with E-state index < -0.39 is 12.0 Å². The van der Waals surface area contributed by atoms with E-state index >= 15 is 0 Å². The van der Waals surface area contributed by atoms with Crippen molar-refractivity contribution in [2.45, 2.75) is 6.42 Å². The van der Waals surface area contributed by atoms with Crippen molar-refractivity contribution in [3.8, 4) is 0 Å². The average molecular weight is 302 g/mol. The Morgan fingerprint density at radius 3 is 2.45 bits per heavy atom. The van der Waals surface area contributed by atoms with Gasteiger partial charge in [-0.3, -0.25) is 0 Å². The number of halogens is 1. The van der Waals surface area contributed by atoms with E-state index in [1.54, 1.807) is 12.1 Å². The smallest absolute Gasteiger partial charge is 0.335 e. The Kier molecular flexibility index (Phi) is 5.08. The van der Waals surface area contributed by atoms with Crippen LogP contribution in [0.4, 0.5) is 14.9 Å². The number of urea groups is 1. The first-order valence-electron chi connectivity index (χ1n) is 6.67. The Hall–Kier alpha value is -2.89. The predicted octanol–water partition coefficient (Wildman–Crippen LogP) is 2.89. The highest BCUT2D eigenvalue weighted by Gasteiger charge is 2.04. The number of benzene rings is 2. The minimum atomic E-state index is -1.02. The number of aromatic carboxylic acids is 1. The Labute approximate surface area is 126 Å². The molecule has 6 heteroatoms. The van der Waals surface area contributed by atoms with Crippen molar-refractivity contribution in [3.63, 3.8) is 0 Å². The van der Waals surface area contributed by atoms with Gasteiger partial charge < -0.3 is 15.7 Å². The van der Waals surface area contributed by atoms with Crippen LogP contribution >= 0.6 is 0 Å². The van der Waals surface area contributed by atoms with Crippen molar-refractivity contribution in [3.05, 3.63) is 65.5 Å². The molecule has 0 aliphatic carbocycles. The number of carboxylic acid groups (broad SMARTS) is 1. The number of anilines is 1. The largest absolute Gasteiger partial charge is 0.478 e. The van der Waals surface area contributed by atoms with Crippen LogP contribution in [-0.2, 0) is 6.42 Å².